The summed E-state index contributed by atoms with van der Waals surface area (Å²) in [6, 6.07) is 1.52. The van der Waals surface area contributed by atoms with Crippen molar-refractivity contribution in [2.24, 2.45) is 0 Å². The first-order valence-corrected chi connectivity index (χ1v) is 4.75. The second-order valence-electron chi connectivity index (χ2n) is 3.42. The van der Waals surface area contributed by atoms with Crippen LogP contribution in [-0.2, 0) is 14.2 Å². The van der Waals surface area contributed by atoms with Crippen LogP contribution >= 0.6 is 0 Å². The monoisotopic (exact) mass is 221 g/mol. The van der Waals surface area contributed by atoms with Crippen molar-refractivity contribution < 1.29 is 23.8 Å². The van der Waals surface area contributed by atoms with Crippen molar-refractivity contribution in [2.75, 3.05) is 13.2 Å². The summed E-state index contributed by atoms with van der Waals surface area (Å²) in [6.45, 7) is 1.01. The minimum Gasteiger partial charge on any atom is -0.384 e. The molecule has 3 rings (SSSR count). The Labute approximate surface area is 90.1 Å². The lowest BCUT2D eigenvalue weighted by Gasteiger charge is -2.08. The van der Waals surface area contributed by atoms with E-state index in [4.69, 9.17) is 9.47 Å². The van der Waals surface area contributed by atoms with Gasteiger partial charge in [-0.05, 0) is 6.07 Å². The van der Waals surface area contributed by atoms with Crippen LogP contribution < -0.4 is 0 Å². The molecule has 6 nitrogen and oxygen atoms in total. The Bertz CT molecular complexity index is 478. The summed E-state index contributed by atoms with van der Waals surface area (Å²) in [4.78, 5) is 26.3. The molecule has 3 heterocycles. The maximum atomic E-state index is 11.3. The van der Waals surface area contributed by atoms with Crippen LogP contribution in [0.1, 0.15) is 32.7 Å². The van der Waals surface area contributed by atoms with Gasteiger partial charge in [0.25, 0.3) is 0 Å². The van der Waals surface area contributed by atoms with Crippen LogP contribution in [0.3, 0.4) is 0 Å². The predicted octanol–water partition coefficient (Wildman–Crippen LogP) is 0.438. The zero-order valence-electron chi connectivity index (χ0n) is 8.13. The number of rotatable bonds is 1. The van der Waals surface area contributed by atoms with Gasteiger partial charge in [-0.3, -0.25) is 0 Å². The number of nitrogens with zero attached hydrogens (tertiary/aromatic N) is 1. The van der Waals surface area contributed by atoms with E-state index in [1.54, 1.807) is 0 Å². The normalized spacial score (nSPS) is 20.0. The van der Waals surface area contributed by atoms with Gasteiger partial charge in [0, 0.05) is 11.8 Å². The van der Waals surface area contributed by atoms with Crippen molar-refractivity contribution in [3.63, 3.8) is 0 Å². The maximum absolute atomic E-state index is 11.3. The standard InChI is InChI=1S/C10H7NO5/c12-8-6-3-5(10-14-1-2-15-10)4-11-7(6)9(13)16-8/h3-4,10H,1-2H2. The minimum atomic E-state index is -0.709. The molecule has 6 heteroatoms. The van der Waals surface area contributed by atoms with Crippen molar-refractivity contribution in [3.05, 3.63) is 29.1 Å². The highest BCUT2D eigenvalue weighted by Gasteiger charge is 2.32. The van der Waals surface area contributed by atoms with Gasteiger partial charge in [-0.15, -0.1) is 0 Å². The number of carbonyl (C=O) groups excluding carboxylic acids is 2. The molecule has 0 saturated carbocycles. The summed E-state index contributed by atoms with van der Waals surface area (Å²) in [5, 5.41) is 0. The summed E-state index contributed by atoms with van der Waals surface area (Å²) in [6.07, 6.45) is 0.940. The zero-order chi connectivity index (χ0) is 11.1. The van der Waals surface area contributed by atoms with E-state index in [0.717, 1.165) is 0 Å². The van der Waals surface area contributed by atoms with Crippen molar-refractivity contribution in [1.29, 1.82) is 0 Å². The minimum absolute atomic E-state index is 0.0479. The summed E-state index contributed by atoms with van der Waals surface area (Å²) < 4.78 is 15.0. The fraction of sp³-hybridized carbons (Fsp3) is 0.300. The molecule has 2 aliphatic rings. The fourth-order valence-electron chi connectivity index (χ4n) is 1.67. The van der Waals surface area contributed by atoms with Crippen LogP contribution in [-0.4, -0.2) is 30.1 Å². The zero-order valence-corrected chi connectivity index (χ0v) is 8.13. The van der Waals surface area contributed by atoms with Crippen molar-refractivity contribution >= 4 is 11.9 Å². The number of hydrogen-bond acceptors (Lipinski definition) is 6. The summed E-state index contributed by atoms with van der Waals surface area (Å²) >= 11 is 0. The van der Waals surface area contributed by atoms with E-state index in [1.165, 1.54) is 12.3 Å². The molecule has 0 N–H and O–H groups in total. The molecule has 1 aromatic rings. The van der Waals surface area contributed by atoms with E-state index in [2.05, 4.69) is 9.72 Å². The smallest absolute Gasteiger partial charge is 0.365 e. The molecular weight excluding hydrogens is 214 g/mol. The van der Waals surface area contributed by atoms with Crippen molar-refractivity contribution in [1.82, 2.24) is 4.98 Å². The number of aromatic nitrogens is 1. The highest BCUT2D eigenvalue weighted by atomic mass is 16.7. The molecule has 0 bridgehead atoms. The lowest BCUT2D eigenvalue weighted by Crippen LogP contribution is -2.03. The van der Waals surface area contributed by atoms with Gasteiger partial charge >= 0.3 is 11.9 Å². The van der Waals surface area contributed by atoms with E-state index < -0.39 is 18.2 Å². The third-order valence-electron chi connectivity index (χ3n) is 2.40. The second kappa shape index (κ2) is 3.36. The van der Waals surface area contributed by atoms with Crippen LogP contribution in [0.25, 0.3) is 0 Å². The van der Waals surface area contributed by atoms with Crippen LogP contribution in [0.4, 0.5) is 0 Å². The molecule has 0 aliphatic carbocycles. The van der Waals surface area contributed by atoms with Crippen LogP contribution in [0.5, 0.6) is 0 Å². The van der Waals surface area contributed by atoms with Gasteiger partial charge in [-0.2, -0.15) is 0 Å². The molecule has 0 atom stereocenters. The molecule has 0 amide bonds. The Morgan fingerprint density at radius 1 is 1.19 bits per heavy atom. The molecule has 82 valence electrons. The van der Waals surface area contributed by atoms with Gasteiger partial charge in [0.15, 0.2) is 12.0 Å². The second-order valence-corrected chi connectivity index (χ2v) is 3.42. The Balaban J connectivity index is 2.02. The number of pyridine rings is 1. The predicted molar refractivity (Wildman–Crippen MR) is 48.6 cm³/mol. The number of cyclic esters (lactones) is 2. The molecule has 1 aromatic heterocycles. The largest absolute Gasteiger partial charge is 0.384 e. The average molecular weight is 221 g/mol. The first-order valence-electron chi connectivity index (χ1n) is 4.75. The molecule has 1 fully saturated rings. The van der Waals surface area contributed by atoms with Gasteiger partial charge in [-0.1, -0.05) is 0 Å². The van der Waals surface area contributed by atoms with Crippen LogP contribution in [0, 0.1) is 0 Å². The van der Waals surface area contributed by atoms with Crippen molar-refractivity contribution in [3.8, 4) is 0 Å². The Morgan fingerprint density at radius 3 is 2.69 bits per heavy atom. The van der Waals surface area contributed by atoms with Gasteiger partial charge in [0.05, 0.1) is 18.8 Å². The van der Waals surface area contributed by atoms with Gasteiger partial charge in [0.2, 0.25) is 0 Å². The molecule has 0 unspecified atom stereocenters. The third-order valence-corrected chi connectivity index (χ3v) is 2.40. The third kappa shape index (κ3) is 1.31. The summed E-state index contributed by atoms with van der Waals surface area (Å²) in [7, 11) is 0. The molecule has 0 radical (unpaired) electrons. The lowest BCUT2D eigenvalue weighted by atomic mass is 10.1. The van der Waals surface area contributed by atoms with E-state index in [1.807, 2.05) is 0 Å². The van der Waals surface area contributed by atoms with Crippen LogP contribution in [0.15, 0.2) is 12.3 Å². The van der Waals surface area contributed by atoms with E-state index in [0.29, 0.717) is 18.8 Å². The Kier molecular flexibility index (Phi) is 1.98. The molecule has 0 aromatic carbocycles. The van der Waals surface area contributed by atoms with Gasteiger partial charge in [0.1, 0.15) is 0 Å². The highest BCUT2D eigenvalue weighted by Crippen LogP contribution is 2.26. The molecule has 2 aliphatic heterocycles. The lowest BCUT2D eigenvalue weighted by molar-refractivity contribution is -0.0443. The molecule has 0 spiro atoms. The SMILES string of the molecule is O=C1OC(=O)c2ncc(C3OCCO3)cc21. The number of esters is 2. The number of hydrogen-bond donors (Lipinski definition) is 0. The average Bonchev–Trinajstić information content (AvgIpc) is 2.88. The summed E-state index contributed by atoms with van der Waals surface area (Å²) in [5.74, 6) is -1.38. The number of fused-ring (bicyclic) bond motifs is 1. The van der Waals surface area contributed by atoms with E-state index in [9.17, 15) is 9.59 Å². The first-order chi connectivity index (χ1) is 7.75. The van der Waals surface area contributed by atoms with E-state index >= 15 is 0 Å². The topological polar surface area (TPSA) is 74.7 Å². The van der Waals surface area contributed by atoms with Gasteiger partial charge in [-0.25, -0.2) is 14.6 Å². The highest BCUT2D eigenvalue weighted by molar-refractivity contribution is 6.13. The fourth-order valence-corrected chi connectivity index (χ4v) is 1.67. The molecule has 1 saturated heterocycles. The van der Waals surface area contributed by atoms with Crippen LogP contribution in [0.2, 0.25) is 0 Å². The first kappa shape index (κ1) is 9.44. The molecular formula is C10H7NO5. The quantitative estimate of drug-likeness (QED) is 0.506. The van der Waals surface area contributed by atoms with Crippen molar-refractivity contribution in [2.45, 2.75) is 6.29 Å². The Hall–Kier alpha value is -1.79. The maximum Gasteiger partial charge on any atom is 0.365 e. The number of carbonyl (C=O) groups is 2. The van der Waals surface area contributed by atoms with E-state index in [-0.39, 0.29) is 11.3 Å². The Morgan fingerprint density at radius 2 is 1.94 bits per heavy atom. The molecule has 16 heavy (non-hydrogen) atoms. The van der Waals surface area contributed by atoms with Gasteiger partial charge < -0.3 is 14.2 Å². The number of ether oxygens (including phenoxy) is 3. The summed E-state index contributed by atoms with van der Waals surface area (Å²) in [5.41, 5.74) is 0.830.